The van der Waals surface area contributed by atoms with Crippen molar-refractivity contribution in [1.82, 2.24) is 9.88 Å². The van der Waals surface area contributed by atoms with Gasteiger partial charge in [0.15, 0.2) is 23.0 Å². The van der Waals surface area contributed by atoms with Gasteiger partial charge < -0.3 is 28.8 Å². The molecule has 0 saturated carbocycles. The van der Waals surface area contributed by atoms with Crippen molar-refractivity contribution in [3.63, 3.8) is 0 Å². The second kappa shape index (κ2) is 9.62. The number of carbonyl (C=O) groups excluding carboxylic acids is 1. The standard InChI is InChI=1S/C28H28N2O5/c1-30-16-22(20-6-4-5-7-23(20)30)21(19-9-11-24(32-2)26(13-19)33-3)14-28(31)29-15-18-8-10-25-27(12-18)35-17-34-25/h4-13,16,21H,14-15,17H2,1-3H3,(H,29,31). The zero-order chi connectivity index (χ0) is 24.4. The van der Waals surface area contributed by atoms with E-state index < -0.39 is 0 Å². The molecule has 0 spiro atoms. The van der Waals surface area contributed by atoms with Crippen LogP contribution in [0.1, 0.15) is 29.0 Å². The molecular formula is C28H28N2O5. The first-order valence-corrected chi connectivity index (χ1v) is 11.5. The molecule has 0 saturated heterocycles. The van der Waals surface area contributed by atoms with Crippen molar-refractivity contribution in [3.8, 4) is 23.0 Å². The SMILES string of the molecule is COc1ccc(C(CC(=O)NCc2ccc3c(c2)OCO3)c2cn(C)c3ccccc23)cc1OC. The Labute approximate surface area is 204 Å². The highest BCUT2D eigenvalue weighted by Crippen LogP contribution is 2.38. The van der Waals surface area contributed by atoms with Crippen molar-refractivity contribution in [2.75, 3.05) is 21.0 Å². The van der Waals surface area contributed by atoms with Gasteiger partial charge in [-0.3, -0.25) is 4.79 Å². The number of nitrogens with one attached hydrogen (secondary N) is 1. The zero-order valence-electron chi connectivity index (χ0n) is 20.0. The molecule has 1 amide bonds. The number of nitrogens with zero attached hydrogens (tertiary/aromatic N) is 1. The van der Waals surface area contributed by atoms with Crippen LogP contribution in [0, 0.1) is 0 Å². The predicted octanol–water partition coefficient (Wildman–Crippen LogP) is 4.76. The van der Waals surface area contributed by atoms with E-state index in [2.05, 4.69) is 28.2 Å². The summed E-state index contributed by atoms with van der Waals surface area (Å²) in [5.41, 5.74) is 4.15. The molecule has 1 aliphatic rings. The molecule has 0 aliphatic carbocycles. The first-order valence-electron chi connectivity index (χ1n) is 11.5. The van der Waals surface area contributed by atoms with Crippen LogP contribution < -0.4 is 24.3 Å². The lowest BCUT2D eigenvalue weighted by molar-refractivity contribution is -0.121. The average molecular weight is 473 g/mol. The fourth-order valence-corrected chi connectivity index (χ4v) is 4.64. The topological polar surface area (TPSA) is 71.0 Å². The van der Waals surface area contributed by atoms with E-state index >= 15 is 0 Å². The maximum atomic E-state index is 13.2. The Balaban J connectivity index is 1.43. The predicted molar refractivity (Wildman–Crippen MR) is 133 cm³/mol. The summed E-state index contributed by atoms with van der Waals surface area (Å²) in [6.07, 6.45) is 2.39. The summed E-state index contributed by atoms with van der Waals surface area (Å²) in [5, 5.41) is 4.19. The van der Waals surface area contributed by atoms with Crippen LogP contribution in [0.25, 0.3) is 10.9 Å². The van der Waals surface area contributed by atoms with E-state index in [1.165, 1.54) is 0 Å². The number of hydrogen-bond donors (Lipinski definition) is 1. The molecule has 1 aromatic heterocycles. The van der Waals surface area contributed by atoms with Crippen molar-refractivity contribution in [2.24, 2.45) is 7.05 Å². The van der Waals surface area contributed by atoms with Crippen molar-refractivity contribution in [3.05, 3.63) is 83.6 Å². The molecule has 35 heavy (non-hydrogen) atoms. The van der Waals surface area contributed by atoms with Gasteiger partial charge in [-0.15, -0.1) is 0 Å². The molecule has 7 heteroatoms. The molecule has 1 N–H and O–H groups in total. The molecule has 0 fully saturated rings. The number of carbonyl (C=O) groups is 1. The van der Waals surface area contributed by atoms with Crippen LogP contribution >= 0.6 is 0 Å². The van der Waals surface area contributed by atoms with E-state index in [0.29, 0.717) is 23.8 Å². The number of aryl methyl sites for hydroxylation is 1. The smallest absolute Gasteiger partial charge is 0.231 e. The molecule has 180 valence electrons. The van der Waals surface area contributed by atoms with Crippen LogP contribution in [-0.4, -0.2) is 31.5 Å². The number of aromatic nitrogens is 1. The van der Waals surface area contributed by atoms with Crippen LogP contribution in [0.2, 0.25) is 0 Å². The Morgan fingerprint density at radius 1 is 1.00 bits per heavy atom. The van der Waals surface area contributed by atoms with Crippen molar-refractivity contribution in [1.29, 1.82) is 0 Å². The van der Waals surface area contributed by atoms with Gasteiger partial charge in [0.1, 0.15) is 0 Å². The molecular weight excluding hydrogens is 444 g/mol. The number of rotatable bonds is 8. The molecule has 7 nitrogen and oxygen atoms in total. The highest BCUT2D eigenvalue weighted by molar-refractivity contribution is 5.86. The summed E-state index contributed by atoms with van der Waals surface area (Å²) >= 11 is 0. The van der Waals surface area contributed by atoms with E-state index in [9.17, 15) is 4.79 Å². The minimum absolute atomic E-state index is 0.0459. The van der Waals surface area contributed by atoms with Crippen LogP contribution in [0.5, 0.6) is 23.0 Å². The summed E-state index contributed by atoms with van der Waals surface area (Å²) in [6.45, 7) is 0.632. The van der Waals surface area contributed by atoms with Gasteiger partial charge in [-0.1, -0.05) is 30.3 Å². The summed E-state index contributed by atoms with van der Waals surface area (Å²) in [4.78, 5) is 13.2. The lowest BCUT2D eigenvalue weighted by Crippen LogP contribution is -2.25. The molecule has 1 unspecified atom stereocenters. The third-order valence-electron chi connectivity index (χ3n) is 6.43. The van der Waals surface area contributed by atoms with Gasteiger partial charge in [-0.05, 0) is 47.0 Å². The van der Waals surface area contributed by atoms with Crippen LogP contribution in [0.3, 0.4) is 0 Å². The third-order valence-corrected chi connectivity index (χ3v) is 6.43. The maximum absolute atomic E-state index is 13.2. The number of fused-ring (bicyclic) bond motifs is 2. The zero-order valence-corrected chi connectivity index (χ0v) is 20.0. The average Bonchev–Trinajstić information content (AvgIpc) is 3.49. The fourth-order valence-electron chi connectivity index (χ4n) is 4.64. The highest BCUT2D eigenvalue weighted by Gasteiger charge is 2.24. The normalized spacial score (nSPS) is 13.0. The molecule has 4 aromatic rings. The van der Waals surface area contributed by atoms with Crippen molar-refractivity contribution < 1.29 is 23.7 Å². The largest absolute Gasteiger partial charge is 0.493 e. The summed E-state index contributed by atoms with van der Waals surface area (Å²) in [5.74, 6) is 2.50. The molecule has 0 bridgehead atoms. The monoisotopic (exact) mass is 472 g/mol. The number of hydrogen-bond acceptors (Lipinski definition) is 5. The summed E-state index contributed by atoms with van der Waals surface area (Å²) in [6, 6.07) is 19.8. The molecule has 0 radical (unpaired) electrons. The Morgan fingerprint density at radius 3 is 2.63 bits per heavy atom. The summed E-state index contributed by atoms with van der Waals surface area (Å²) < 4.78 is 23.9. The number of amides is 1. The highest BCUT2D eigenvalue weighted by atomic mass is 16.7. The molecule has 2 heterocycles. The number of ether oxygens (including phenoxy) is 4. The fraction of sp³-hybridized carbons (Fsp3) is 0.250. The van der Waals surface area contributed by atoms with Crippen LogP contribution in [0.15, 0.2) is 66.9 Å². The number of benzene rings is 3. The Hall–Kier alpha value is -4.13. The first-order chi connectivity index (χ1) is 17.1. The Morgan fingerprint density at radius 2 is 1.80 bits per heavy atom. The van der Waals surface area contributed by atoms with Crippen molar-refractivity contribution in [2.45, 2.75) is 18.9 Å². The van der Waals surface area contributed by atoms with Gasteiger partial charge in [-0.2, -0.15) is 0 Å². The molecule has 5 rings (SSSR count). The molecule has 3 aromatic carbocycles. The number of para-hydroxylation sites is 1. The first kappa shape index (κ1) is 22.7. The molecule has 1 aliphatic heterocycles. The van der Waals surface area contributed by atoms with E-state index in [1.54, 1.807) is 14.2 Å². The molecule has 1 atom stereocenters. The van der Waals surface area contributed by atoms with Gasteiger partial charge in [0.2, 0.25) is 12.7 Å². The third kappa shape index (κ3) is 4.49. The van der Waals surface area contributed by atoms with E-state index in [0.717, 1.165) is 33.3 Å². The van der Waals surface area contributed by atoms with Crippen LogP contribution in [0.4, 0.5) is 0 Å². The van der Waals surface area contributed by atoms with Gasteiger partial charge >= 0.3 is 0 Å². The quantitative estimate of drug-likeness (QED) is 0.400. The van der Waals surface area contributed by atoms with E-state index in [4.69, 9.17) is 18.9 Å². The van der Waals surface area contributed by atoms with E-state index in [-0.39, 0.29) is 25.0 Å². The van der Waals surface area contributed by atoms with Crippen LogP contribution in [-0.2, 0) is 18.4 Å². The van der Waals surface area contributed by atoms with Gasteiger partial charge in [0, 0.05) is 43.0 Å². The Bertz CT molecular complexity index is 1380. The van der Waals surface area contributed by atoms with Gasteiger partial charge in [0.05, 0.1) is 14.2 Å². The van der Waals surface area contributed by atoms with Gasteiger partial charge in [0.25, 0.3) is 0 Å². The van der Waals surface area contributed by atoms with Crippen molar-refractivity contribution >= 4 is 16.8 Å². The minimum atomic E-state index is -0.169. The van der Waals surface area contributed by atoms with Gasteiger partial charge in [-0.25, -0.2) is 0 Å². The number of methoxy groups -OCH3 is 2. The second-order valence-electron chi connectivity index (χ2n) is 8.55. The van der Waals surface area contributed by atoms with E-state index in [1.807, 2.05) is 55.6 Å². The maximum Gasteiger partial charge on any atom is 0.231 e. The lowest BCUT2D eigenvalue weighted by atomic mass is 9.87. The Kier molecular flexibility index (Phi) is 6.23. The summed E-state index contributed by atoms with van der Waals surface area (Å²) in [7, 11) is 5.26. The lowest BCUT2D eigenvalue weighted by Gasteiger charge is -2.19. The minimum Gasteiger partial charge on any atom is -0.493 e. The second-order valence-corrected chi connectivity index (χ2v) is 8.55.